The topological polar surface area (TPSA) is 72.2 Å². The smallest absolute Gasteiger partial charge is 0.250 e. The van der Waals surface area contributed by atoms with Gasteiger partial charge >= 0.3 is 0 Å². The summed E-state index contributed by atoms with van der Waals surface area (Å²) >= 11 is 2.92. The summed E-state index contributed by atoms with van der Waals surface area (Å²) in [7, 11) is 0. The van der Waals surface area contributed by atoms with Crippen molar-refractivity contribution >= 4 is 34.7 Å². The number of nitrogens with zero attached hydrogens (tertiary/aromatic N) is 4. The average Bonchev–Trinajstić information content (AvgIpc) is 3.52. The summed E-state index contributed by atoms with van der Waals surface area (Å²) in [6.07, 6.45) is 0. The van der Waals surface area contributed by atoms with Crippen LogP contribution in [0.15, 0.2) is 76.3 Å². The Kier molecular flexibility index (Phi) is 7.52. The third-order valence-electron chi connectivity index (χ3n) is 5.49. The molecule has 4 rings (SSSR count). The molecule has 0 unspecified atom stereocenters. The SMILES string of the molecule is C/C(=N\NC(=O)CSc1nnc(-c2ccc(C(C)(C)C)cc2)n1-c1ccc(C)cc1)c1cccs1. The number of rotatable bonds is 7. The van der Waals surface area contributed by atoms with Crippen LogP contribution in [-0.4, -0.2) is 32.1 Å². The molecule has 2 aromatic heterocycles. The molecule has 0 atom stereocenters. The molecule has 0 fully saturated rings. The largest absolute Gasteiger partial charge is 0.272 e. The number of hydrogen-bond donors (Lipinski definition) is 1. The number of hydrazone groups is 1. The highest BCUT2D eigenvalue weighted by Crippen LogP contribution is 2.30. The van der Waals surface area contributed by atoms with Crippen LogP contribution in [0.3, 0.4) is 0 Å². The first-order valence-corrected chi connectivity index (χ1v) is 13.2. The summed E-state index contributed by atoms with van der Waals surface area (Å²) in [5, 5.41) is 15.8. The molecule has 0 aliphatic rings. The van der Waals surface area contributed by atoms with Crippen LogP contribution in [0.2, 0.25) is 0 Å². The monoisotopic (exact) mass is 503 g/mol. The third kappa shape index (κ3) is 6.07. The van der Waals surface area contributed by atoms with Crippen molar-refractivity contribution in [1.29, 1.82) is 0 Å². The normalized spacial score (nSPS) is 12.1. The Bertz CT molecular complexity index is 1320. The highest BCUT2D eigenvalue weighted by Gasteiger charge is 2.19. The Morgan fingerprint density at radius 1 is 1.06 bits per heavy atom. The molecule has 2 aromatic carbocycles. The van der Waals surface area contributed by atoms with Gasteiger partial charge in [0.25, 0.3) is 5.91 Å². The second-order valence-electron chi connectivity index (χ2n) is 9.30. The zero-order valence-corrected chi connectivity index (χ0v) is 22.2. The Balaban J connectivity index is 1.57. The van der Waals surface area contributed by atoms with Gasteiger partial charge in [-0.3, -0.25) is 9.36 Å². The molecule has 0 radical (unpaired) electrons. The van der Waals surface area contributed by atoms with E-state index < -0.39 is 0 Å². The number of benzene rings is 2. The Labute approximate surface area is 214 Å². The van der Waals surface area contributed by atoms with E-state index in [0.717, 1.165) is 27.7 Å². The van der Waals surface area contributed by atoms with Gasteiger partial charge in [0.05, 0.1) is 11.5 Å². The number of carbonyl (C=O) groups excluding carboxylic acids is 1. The molecule has 0 bridgehead atoms. The lowest BCUT2D eigenvalue weighted by molar-refractivity contribution is -0.118. The number of carbonyl (C=O) groups is 1. The molecule has 1 N–H and O–H groups in total. The number of aromatic nitrogens is 3. The molecule has 0 aliphatic carbocycles. The summed E-state index contributed by atoms with van der Waals surface area (Å²) in [6, 6.07) is 20.6. The number of amides is 1. The molecule has 1 amide bonds. The van der Waals surface area contributed by atoms with Crippen LogP contribution >= 0.6 is 23.1 Å². The quantitative estimate of drug-likeness (QED) is 0.184. The van der Waals surface area contributed by atoms with Crippen molar-refractivity contribution in [2.45, 2.75) is 45.2 Å². The van der Waals surface area contributed by atoms with Gasteiger partial charge in [-0.05, 0) is 48.4 Å². The van der Waals surface area contributed by atoms with Crippen molar-refractivity contribution in [2.24, 2.45) is 5.10 Å². The van der Waals surface area contributed by atoms with E-state index in [1.54, 1.807) is 11.3 Å². The van der Waals surface area contributed by atoms with Gasteiger partial charge in [-0.15, -0.1) is 21.5 Å². The number of thioether (sulfide) groups is 1. The third-order valence-corrected chi connectivity index (χ3v) is 7.40. The highest BCUT2D eigenvalue weighted by atomic mass is 32.2. The maximum Gasteiger partial charge on any atom is 0.250 e. The first kappa shape index (κ1) is 24.9. The average molecular weight is 504 g/mol. The number of hydrogen-bond acceptors (Lipinski definition) is 6. The van der Waals surface area contributed by atoms with Gasteiger partial charge in [0.2, 0.25) is 0 Å². The zero-order valence-electron chi connectivity index (χ0n) is 20.6. The minimum Gasteiger partial charge on any atom is -0.272 e. The van der Waals surface area contributed by atoms with Crippen molar-refractivity contribution in [3.05, 3.63) is 82.0 Å². The van der Waals surface area contributed by atoms with Crippen molar-refractivity contribution in [3.8, 4) is 17.1 Å². The highest BCUT2D eigenvalue weighted by molar-refractivity contribution is 7.99. The van der Waals surface area contributed by atoms with E-state index in [-0.39, 0.29) is 17.1 Å². The lowest BCUT2D eigenvalue weighted by Gasteiger charge is -2.19. The van der Waals surface area contributed by atoms with E-state index in [2.05, 4.69) is 84.8 Å². The van der Waals surface area contributed by atoms with Crippen LogP contribution in [0.4, 0.5) is 0 Å². The fraction of sp³-hybridized carbons (Fsp3) is 0.259. The predicted octanol–water partition coefficient (Wildman–Crippen LogP) is 6.23. The Morgan fingerprint density at radius 3 is 2.40 bits per heavy atom. The molecule has 180 valence electrons. The van der Waals surface area contributed by atoms with Crippen LogP contribution in [-0.2, 0) is 10.2 Å². The fourth-order valence-corrected chi connectivity index (χ4v) is 4.87. The van der Waals surface area contributed by atoms with E-state index in [0.29, 0.717) is 5.16 Å². The van der Waals surface area contributed by atoms with Crippen molar-refractivity contribution in [1.82, 2.24) is 20.2 Å². The molecule has 8 heteroatoms. The van der Waals surface area contributed by atoms with Gasteiger partial charge in [-0.2, -0.15) is 5.10 Å². The van der Waals surface area contributed by atoms with Gasteiger partial charge in [0.1, 0.15) is 0 Å². The first-order valence-electron chi connectivity index (χ1n) is 11.4. The van der Waals surface area contributed by atoms with Crippen LogP contribution in [0.25, 0.3) is 17.1 Å². The number of aryl methyl sites for hydroxylation is 1. The minimum absolute atomic E-state index is 0.0713. The maximum absolute atomic E-state index is 12.5. The van der Waals surface area contributed by atoms with Crippen molar-refractivity contribution < 1.29 is 4.79 Å². The summed E-state index contributed by atoms with van der Waals surface area (Å²) in [4.78, 5) is 13.5. The van der Waals surface area contributed by atoms with Crippen molar-refractivity contribution in [2.75, 3.05) is 5.75 Å². The second-order valence-corrected chi connectivity index (χ2v) is 11.2. The van der Waals surface area contributed by atoms with Gasteiger partial charge in [-0.1, -0.05) is 80.6 Å². The van der Waals surface area contributed by atoms with E-state index in [1.165, 1.54) is 22.9 Å². The lowest BCUT2D eigenvalue weighted by Crippen LogP contribution is -2.21. The van der Waals surface area contributed by atoms with Gasteiger partial charge in [-0.25, -0.2) is 5.43 Å². The number of nitrogens with one attached hydrogen (secondary N) is 1. The molecule has 2 heterocycles. The van der Waals surface area contributed by atoms with E-state index in [1.807, 2.05) is 41.1 Å². The standard InChI is InChI=1S/C27H29N5OS2/c1-18-8-14-22(15-9-18)32-25(20-10-12-21(13-11-20)27(3,4)5)30-31-26(32)35-17-24(33)29-28-19(2)23-7-6-16-34-23/h6-16H,17H2,1-5H3,(H,29,33)/b28-19+. The summed E-state index contributed by atoms with van der Waals surface area (Å²) in [6.45, 7) is 10.5. The summed E-state index contributed by atoms with van der Waals surface area (Å²) < 4.78 is 2.00. The van der Waals surface area contributed by atoms with Crippen LogP contribution in [0, 0.1) is 6.92 Å². The molecular formula is C27H29N5OS2. The Morgan fingerprint density at radius 2 is 1.77 bits per heavy atom. The van der Waals surface area contributed by atoms with Gasteiger partial charge < -0.3 is 0 Å². The molecule has 0 saturated carbocycles. The van der Waals surface area contributed by atoms with Crippen LogP contribution in [0.5, 0.6) is 0 Å². The van der Waals surface area contributed by atoms with Crippen LogP contribution < -0.4 is 5.43 Å². The second kappa shape index (κ2) is 10.6. The fourth-order valence-electron chi connectivity index (χ4n) is 3.44. The molecule has 6 nitrogen and oxygen atoms in total. The summed E-state index contributed by atoms with van der Waals surface area (Å²) in [5.41, 5.74) is 7.84. The predicted molar refractivity (Wildman–Crippen MR) is 146 cm³/mol. The molecule has 4 aromatic rings. The van der Waals surface area contributed by atoms with Crippen LogP contribution in [0.1, 0.15) is 43.7 Å². The van der Waals surface area contributed by atoms with Gasteiger partial charge in [0, 0.05) is 16.1 Å². The maximum atomic E-state index is 12.5. The van der Waals surface area contributed by atoms with E-state index in [4.69, 9.17) is 0 Å². The van der Waals surface area contributed by atoms with E-state index in [9.17, 15) is 4.79 Å². The first-order chi connectivity index (χ1) is 16.7. The van der Waals surface area contributed by atoms with Gasteiger partial charge in [0.15, 0.2) is 11.0 Å². The van der Waals surface area contributed by atoms with Crippen molar-refractivity contribution in [3.63, 3.8) is 0 Å². The minimum atomic E-state index is -0.194. The lowest BCUT2D eigenvalue weighted by atomic mass is 9.87. The molecule has 35 heavy (non-hydrogen) atoms. The zero-order chi connectivity index (χ0) is 25.0. The molecule has 0 spiro atoms. The Hall–Kier alpha value is -3.23. The van der Waals surface area contributed by atoms with E-state index >= 15 is 0 Å². The molecule has 0 aliphatic heterocycles. The number of thiophene rings is 1. The summed E-state index contributed by atoms with van der Waals surface area (Å²) in [5.74, 6) is 0.720. The molecule has 0 saturated heterocycles. The molecular weight excluding hydrogens is 474 g/mol.